The minimum atomic E-state index is 0.388. The van der Waals surface area contributed by atoms with Crippen LogP contribution in [0.2, 0.25) is 5.15 Å². The molecule has 2 rings (SSSR count). The van der Waals surface area contributed by atoms with Crippen LogP contribution in [0.5, 0.6) is 0 Å². The Morgan fingerprint density at radius 1 is 1.36 bits per heavy atom. The third kappa shape index (κ3) is 1.29. The molecule has 14 heavy (non-hydrogen) atoms. The molecule has 0 spiro atoms. The van der Waals surface area contributed by atoms with Gasteiger partial charge < -0.3 is 9.47 Å². The third-order valence-corrected chi connectivity index (χ3v) is 2.17. The number of aryl methyl sites for hydroxylation is 1. The molecule has 0 bridgehead atoms. The zero-order valence-corrected chi connectivity index (χ0v) is 8.95. The van der Waals surface area contributed by atoms with Crippen LogP contribution < -0.4 is 4.90 Å². The van der Waals surface area contributed by atoms with Crippen LogP contribution >= 0.6 is 11.6 Å². The summed E-state index contributed by atoms with van der Waals surface area (Å²) in [5.41, 5.74) is 1.38. The van der Waals surface area contributed by atoms with Gasteiger partial charge in [0, 0.05) is 21.1 Å². The topological polar surface area (TPSA) is 46.8 Å². The minimum absolute atomic E-state index is 0.388. The van der Waals surface area contributed by atoms with Crippen molar-refractivity contribution >= 4 is 28.7 Å². The quantitative estimate of drug-likeness (QED) is 0.663. The highest BCUT2D eigenvalue weighted by molar-refractivity contribution is 6.33. The first-order chi connectivity index (χ1) is 6.59. The molecular weight excluding hydrogens is 202 g/mol. The highest BCUT2D eigenvalue weighted by Gasteiger charge is 2.10. The lowest BCUT2D eigenvalue weighted by Gasteiger charge is -2.09. The maximum absolute atomic E-state index is 5.97. The number of anilines is 1. The zero-order valence-electron chi connectivity index (χ0n) is 8.19. The van der Waals surface area contributed by atoms with E-state index in [0.717, 1.165) is 5.65 Å². The zero-order chi connectivity index (χ0) is 10.3. The first kappa shape index (κ1) is 9.21. The Balaban J connectivity index is 2.75. The fourth-order valence-electron chi connectivity index (χ4n) is 1.16. The largest absolute Gasteiger partial charge is 0.347 e. The number of fused-ring (bicyclic) bond motifs is 1. The third-order valence-electron chi connectivity index (χ3n) is 1.91. The lowest BCUT2D eigenvalue weighted by Crippen LogP contribution is -2.13. The van der Waals surface area contributed by atoms with Gasteiger partial charge in [-0.1, -0.05) is 11.6 Å². The Morgan fingerprint density at radius 3 is 2.71 bits per heavy atom. The van der Waals surface area contributed by atoms with Crippen molar-refractivity contribution in [3.8, 4) is 0 Å². The van der Waals surface area contributed by atoms with E-state index in [0.29, 0.717) is 16.6 Å². The van der Waals surface area contributed by atoms with Crippen LogP contribution in [-0.2, 0) is 7.05 Å². The number of hydrogen-bond donors (Lipinski definition) is 0. The van der Waals surface area contributed by atoms with Crippen molar-refractivity contribution < 1.29 is 0 Å². The summed E-state index contributed by atoms with van der Waals surface area (Å²) >= 11 is 5.97. The summed E-state index contributed by atoms with van der Waals surface area (Å²) in [7, 11) is 5.61. The Hall–Kier alpha value is -1.36. The fraction of sp³-hybridized carbons (Fsp3) is 0.375. The van der Waals surface area contributed by atoms with Crippen molar-refractivity contribution in [3.05, 3.63) is 11.5 Å². The van der Waals surface area contributed by atoms with E-state index in [2.05, 4.69) is 15.0 Å². The normalized spacial score (nSPS) is 10.9. The van der Waals surface area contributed by atoms with Crippen LogP contribution in [0, 0.1) is 0 Å². The molecule has 0 aliphatic carbocycles. The molecule has 0 aliphatic heterocycles. The summed E-state index contributed by atoms with van der Waals surface area (Å²) in [5, 5.41) is 0.388. The van der Waals surface area contributed by atoms with Gasteiger partial charge in [0.15, 0.2) is 10.8 Å². The van der Waals surface area contributed by atoms with E-state index in [9.17, 15) is 0 Å². The van der Waals surface area contributed by atoms with Gasteiger partial charge in [-0.3, -0.25) is 0 Å². The van der Waals surface area contributed by atoms with Gasteiger partial charge in [-0.15, -0.1) is 0 Å². The van der Waals surface area contributed by atoms with E-state index in [1.807, 2.05) is 25.7 Å². The lowest BCUT2D eigenvalue weighted by atomic mass is 10.5. The molecule has 0 aliphatic rings. The molecule has 0 saturated heterocycles. The van der Waals surface area contributed by atoms with Crippen molar-refractivity contribution in [2.75, 3.05) is 19.0 Å². The van der Waals surface area contributed by atoms with E-state index in [1.165, 1.54) is 0 Å². The Morgan fingerprint density at radius 2 is 2.07 bits per heavy atom. The Labute approximate surface area is 86.3 Å². The highest BCUT2D eigenvalue weighted by atomic mass is 35.5. The maximum Gasteiger partial charge on any atom is 0.228 e. The summed E-state index contributed by atoms with van der Waals surface area (Å²) in [6.45, 7) is 0. The number of imidazole rings is 1. The second kappa shape index (κ2) is 3.09. The van der Waals surface area contributed by atoms with E-state index < -0.39 is 0 Å². The molecule has 0 saturated carbocycles. The molecule has 0 unspecified atom stereocenters. The van der Waals surface area contributed by atoms with Crippen LogP contribution in [0.25, 0.3) is 11.2 Å². The number of rotatable bonds is 1. The van der Waals surface area contributed by atoms with Gasteiger partial charge in [-0.2, -0.15) is 9.97 Å². The number of halogens is 1. The predicted octanol–water partition coefficient (Wildman–Crippen LogP) is 1.08. The summed E-state index contributed by atoms with van der Waals surface area (Å²) in [6.07, 6.45) is 1.67. The first-order valence-electron chi connectivity index (χ1n) is 4.11. The monoisotopic (exact) mass is 211 g/mol. The smallest absolute Gasteiger partial charge is 0.228 e. The second-order valence-corrected chi connectivity index (χ2v) is 3.59. The van der Waals surface area contributed by atoms with Crippen LogP contribution in [0.3, 0.4) is 0 Å². The first-order valence-corrected chi connectivity index (χ1v) is 4.49. The van der Waals surface area contributed by atoms with Crippen LogP contribution in [-0.4, -0.2) is 33.6 Å². The molecule has 2 heterocycles. The van der Waals surface area contributed by atoms with E-state index in [-0.39, 0.29) is 0 Å². The van der Waals surface area contributed by atoms with Gasteiger partial charge in [-0.05, 0) is 0 Å². The van der Waals surface area contributed by atoms with E-state index >= 15 is 0 Å². The Kier molecular flexibility index (Phi) is 2.03. The molecule has 0 N–H and O–H groups in total. The van der Waals surface area contributed by atoms with Gasteiger partial charge in [0.2, 0.25) is 5.95 Å². The van der Waals surface area contributed by atoms with Gasteiger partial charge in [0.25, 0.3) is 0 Å². The van der Waals surface area contributed by atoms with Gasteiger partial charge in [0.1, 0.15) is 5.52 Å². The SMILES string of the molecule is CN(C)c1nc(Cl)c2ncn(C)c2n1. The lowest BCUT2D eigenvalue weighted by molar-refractivity contribution is 0.919. The summed E-state index contributed by atoms with van der Waals surface area (Å²) < 4.78 is 1.82. The molecule has 0 amide bonds. The molecule has 0 fully saturated rings. The minimum Gasteiger partial charge on any atom is -0.347 e. The van der Waals surface area contributed by atoms with Crippen molar-refractivity contribution in [1.82, 2.24) is 19.5 Å². The molecule has 74 valence electrons. The summed E-state index contributed by atoms with van der Waals surface area (Å²) in [5.74, 6) is 0.589. The van der Waals surface area contributed by atoms with Crippen LogP contribution in [0.15, 0.2) is 6.33 Å². The molecule has 2 aromatic rings. The van der Waals surface area contributed by atoms with Crippen molar-refractivity contribution in [2.24, 2.45) is 7.05 Å². The van der Waals surface area contributed by atoms with Crippen LogP contribution in [0.4, 0.5) is 5.95 Å². The Bertz CT molecular complexity index is 476. The molecule has 6 heteroatoms. The van der Waals surface area contributed by atoms with Crippen molar-refractivity contribution in [2.45, 2.75) is 0 Å². The molecule has 5 nitrogen and oxygen atoms in total. The predicted molar refractivity (Wildman–Crippen MR) is 55.6 cm³/mol. The summed E-state index contributed by atoms with van der Waals surface area (Å²) in [4.78, 5) is 14.4. The van der Waals surface area contributed by atoms with Crippen LogP contribution in [0.1, 0.15) is 0 Å². The number of nitrogens with zero attached hydrogens (tertiary/aromatic N) is 5. The standard InChI is InChI=1S/C8H10ClN5/c1-13(2)8-11-6(9)5-7(12-8)14(3)4-10-5/h4H,1-3H3. The number of aromatic nitrogens is 4. The average molecular weight is 212 g/mol. The molecule has 0 radical (unpaired) electrons. The second-order valence-electron chi connectivity index (χ2n) is 3.24. The maximum atomic E-state index is 5.97. The van der Waals surface area contributed by atoms with Gasteiger partial charge in [-0.25, -0.2) is 4.98 Å². The number of hydrogen-bond acceptors (Lipinski definition) is 4. The highest BCUT2D eigenvalue weighted by Crippen LogP contribution is 2.20. The molecule has 0 aromatic carbocycles. The van der Waals surface area contributed by atoms with Gasteiger partial charge >= 0.3 is 0 Å². The van der Waals surface area contributed by atoms with E-state index in [1.54, 1.807) is 11.2 Å². The van der Waals surface area contributed by atoms with Crippen molar-refractivity contribution in [1.29, 1.82) is 0 Å². The molecule has 2 aromatic heterocycles. The fourth-order valence-corrected chi connectivity index (χ4v) is 1.37. The molecular formula is C8H10ClN5. The van der Waals surface area contributed by atoms with Crippen molar-refractivity contribution in [3.63, 3.8) is 0 Å². The average Bonchev–Trinajstić information content (AvgIpc) is 2.48. The molecule has 0 atom stereocenters. The summed E-state index contributed by atoms with van der Waals surface area (Å²) in [6, 6.07) is 0. The van der Waals surface area contributed by atoms with Gasteiger partial charge in [0.05, 0.1) is 6.33 Å². The van der Waals surface area contributed by atoms with E-state index in [4.69, 9.17) is 11.6 Å².